The van der Waals surface area contributed by atoms with Crippen molar-refractivity contribution in [2.75, 3.05) is 26.3 Å². The molecule has 1 amide bonds. The van der Waals surface area contributed by atoms with Crippen LogP contribution in [0.1, 0.15) is 49.8 Å². The maximum atomic E-state index is 13.0. The number of aromatic nitrogens is 1. The second kappa shape index (κ2) is 14.7. The largest absolute Gasteiger partial charge is 0.494 e. The van der Waals surface area contributed by atoms with E-state index < -0.39 is 23.9 Å². The van der Waals surface area contributed by atoms with E-state index in [0.717, 1.165) is 39.8 Å². The number of aliphatic hydroxyl groups excluding tert-OH is 1. The zero-order valence-corrected chi connectivity index (χ0v) is 25.7. The Morgan fingerprint density at radius 3 is 2.48 bits per heavy atom. The van der Waals surface area contributed by atoms with Gasteiger partial charge in [-0.15, -0.1) is 0 Å². The normalized spacial score (nSPS) is 18.7. The van der Waals surface area contributed by atoms with Gasteiger partial charge >= 0.3 is 6.09 Å². The van der Waals surface area contributed by atoms with Gasteiger partial charge in [0.25, 0.3) is 0 Å². The van der Waals surface area contributed by atoms with Crippen LogP contribution in [0.5, 0.6) is 5.75 Å². The van der Waals surface area contributed by atoms with Crippen LogP contribution in [-0.2, 0) is 27.4 Å². The molecule has 0 saturated carbocycles. The summed E-state index contributed by atoms with van der Waals surface area (Å²) >= 11 is 0. The molecule has 1 aliphatic heterocycles. The zero-order valence-electron chi connectivity index (χ0n) is 25.7. The molecule has 8 heteroatoms. The molecule has 4 aromatic rings. The van der Waals surface area contributed by atoms with E-state index in [4.69, 9.17) is 18.9 Å². The number of aliphatic hydroxyl groups is 1. The van der Waals surface area contributed by atoms with Crippen LogP contribution in [0.2, 0.25) is 0 Å². The van der Waals surface area contributed by atoms with Gasteiger partial charge in [-0.1, -0.05) is 60.7 Å². The summed E-state index contributed by atoms with van der Waals surface area (Å²) in [6, 6.07) is 27.8. The van der Waals surface area contributed by atoms with Crippen molar-refractivity contribution in [2.45, 2.75) is 64.1 Å². The summed E-state index contributed by atoms with van der Waals surface area (Å²) in [4.78, 5) is 18.9. The molecule has 1 N–H and O–H groups in total. The van der Waals surface area contributed by atoms with E-state index >= 15 is 0 Å². The summed E-state index contributed by atoms with van der Waals surface area (Å²) in [5.74, 6) is 0.409. The van der Waals surface area contributed by atoms with E-state index in [1.807, 2.05) is 106 Å². The zero-order chi connectivity index (χ0) is 30.9. The number of benzene rings is 3. The second-order valence-electron chi connectivity index (χ2n) is 12.2. The first-order valence-corrected chi connectivity index (χ1v) is 15.2. The van der Waals surface area contributed by atoms with E-state index in [0.29, 0.717) is 33.0 Å². The number of carbonyl (C=O) groups is 1. The summed E-state index contributed by atoms with van der Waals surface area (Å²) in [6.07, 6.45) is 0.783. The number of β-amino-alcohol motifs (C(OH)–C–C–N with tert-alkyl or cyclic N) is 1. The Kier molecular flexibility index (Phi) is 10.5. The monoisotopic (exact) mass is 598 g/mol. The molecule has 0 spiro atoms. The number of fused-ring (bicyclic) bond motifs is 1. The Labute approximate surface area is 259 Å². The molecular formula is C36H42N2O6. The number of rotatable bonds is 11. The van der Waals surface area contributed by atoms with Gasteiger partial charge < -0.3 is 29.0 Å². The first kappa shape index (κ1) is 31.4. The van der Waals surface area contributed by atoms with Gasteiger partial charge in [0.1, 0.15) is 11.4 Å². The fourth-order valence-electron chi connectivity index (χ4n) is 5.37. The standard InChI is InChI=1S/C36H42N2O6/c1-36(2,3)44-35(40)38-22-32(39)34(33(23-38)43-25-27-12-13-28-11-7-18-37-31(28)21-27)29-14-16-30(17-15-29)42-20-8-19-41-24-26-9-5-4-6-10-26/h4-7,9-18,21,32-34,39H,8,19-20,22-25H2,1-3H3. The first-order chi connectivity index (χ1) is 21.2. The summed E-state index contributed by atoms with van der Waals surface area (Å²) < 4.78 is 23.7. The molecule has 0 bridgehead atoms. The Morgan fingerprint density at radius 1 is 0.909 bits per heavy atom. The molecule has 232 valence electrons. The number of carbonyl (C=O) groups excluding carboxylic acids is 1. The first-order valence-electron chi connectivity index (χ1n) is 15.2. The SMILES string of the molecule is CC(C)(C)OC(=O)N1CC(O)C(c2ccc(OCCCOCc3ccccc3)cc2)C(OCc2ccc3cccnc3c2)C1. The Hall–Kier alpha value is -3.98. The smallest absolute Gasteiger partial charge is 0.410 e. The minimum atomic E-state index is -0.840. The minimum Gasteiger partial charge on any atom is -0.494 e. The number of ether oxygens (including phenoxy) is 4. The number of piperidine rings is 1. The van der Waals surface area contributed by atoms with Gasteiger partial charge in [0.15, 0.2) is 0 Å². The third-order valence-electron chi connectivity index (χ3n) is 7.49. The molecule has 3 aromatic carbocycles. The fourth-order valence-corrected chi connectivity index (χ4v) is 5.37. The van der Waals surface area contributed by atoms with Crippen LogP contribution in [0.3, 0.4) is 0 Å². The maximum absolute atomic E-state index is 13.0. The Bertz CT molecular complexity index is 1490. The third-order valence-corrected chi connectivity index (χ3v) is 7.49. The van der Waals surface area contributed by atoms with Crippen molar-refractivity contribution in [2.24, 2.45) is 0 Å². The lowest BCUT2D eigenvalue weighted by molar-refractivity contribution is -0.0755. The second-order valence-corrected chi connectivity index (χ2v) is 12.2. The van der Waals surface area contributed by atoms with E-state index in [2.05, 4.69) is 4.98 Å². The summed E-state index contributed by atoms with van der Waals surface area (Å²) in [5.41, 5.74) is 3.29. The van der Waals surface area contributed by atoms with E-state index in [1.165, 1.54) is 4.90 Å². The molecule has 1 fully saturated rings. The van der Waals surface area contributed by atoms with Gasteiger partial charge in [-0.3, -0.25) is 4.98 Å². The van der Waals surface area contributed by atoms with Crippen molar-refractivity contribution < 1.29 is 28.8 Å². The number of likely N-dealkylation sites (tertiary alicyclic amines) is 1. The van der Waals surface area contributed by atoms with Gasteiger partial charge in [-0.25, -0.2) is 4.79 Å². The van der Waals surface area contributed by atoms with Gasteiger partial charge in [-0.05, 0) is 61.7 Å². The number of hydrogen-bond acceptors (Lipinski definition) is 7. The molecular weight excluding hydrogens is 556 g/mol. The van der Waals surface area contributed by atoms with Crippen LogP contribution in [0.15, 0.2) is 91.1 Å². The predicted octanol–water partition coefficient (Wildman–Crippen LogP) is 6.50. The van der Waals surface area contributed by atoms with Crippen LogP contribution in [0.25, 0.3) is 10.9 Å². The Morgan fingerprint density at radius 2 is 1.70 bits per heavy atom. The van der Waals surface area contributed by atoms with Gasteiger partial charge in [-0.2, -0.15) is 0 Å². The highest BCUT2D eigenvalue weighted by Gasteiger charge is 2.40. The van der Waals surface area contributed by atoms with E-state index in [-0.39, 0.29) is 12.5 Å². The molecule has 8 nitrogen and oxygen atoms in total. The highest BCUT2D eigenvalue weighted by Crippen LogP contribution is 2.33. The lowest BCUT2D eigenvalue weighted by Gasteiger charge is -2.42. The van der Waals surface area contributed by atoms with Crippen molar-refractivity contribution in [1.82, 2.24) is 9.88 Å². The number of pyridine rings is 1. The average molecular weight is 599 g/mol. The third kappa shape index (κ3) is 8.78. The Balaban J connectivity index is 1.21. The van der Waals surface area contributed by atoms with E-state index in [9.17, 15) is 9.90 Å². The fraction of sp³-hybridized carbons (Fsp3) is 0.389. The molecule has 0 radical (unpaired) electrons. The van der Waals surface area contributed by atoms with Crippen molar-refractivity contribution in [1.29, 1.82) is 0 Å². The predicted molar refractivity (Wildman–Crippen MR) is 170 cm³/mol. The van der Waals surface area contributed by atoms with Gasteiger partial charge in [0.05, 0.1) is 57.2 Å². The molecule has 0 aliphatic carbocycles. The number of nitrogens with zero attached hydrogens (tertiary/aromatic N) is 2. The van der Waals surface area contributed by atoms with E-state index in [1.54, 1.807) is 6.20 Å². The van der Waals surface area contributed by atoms with Crippen LogP contribution >= 0.6 is 0 Å². The van der Waals surface area contributed by atoms with Crippen molar-refractivity contribution in [3.8, 4) is 5.75 Å². The molecule has 3 unspecified atom stereocenters. The molecule has 5 rings (SSSR count). The molecule has 1 saturated heterocycles. The van der Waals surface area contributed by atoms with Crippen molar-refractivity contribution in [3.05, 3.63) is 108 Å². The number of amides is 1. The quantitative estimate of drug-likeness (QED) is 0.197. The lowest BCUT2D eigenvalue weighted by Crippen LogP contribution is -2.54. The molecule has 1 aliphatic rings. The summed E-state index contributed by atoms with van der Waals surface area (Å²) in [5, 5.41) is 12.4. The lowest BCUT2D eigenvalue weighted by atomic mass is 9.84. The average Bonchev–Trinajstić information content (AvgIpc) is 3.01. The highest BCUT2D eigenvalue weighted by molar-refractivity contribution is 5.78. The number of hydrogen-bond donors (Lipinski definition) is 1. The topological polar surface area (TPSA) is 90.4 Å². The van der Waals surface area contributed by atoms with Crippen LogP contribution < -0.4 is 4.74 Å². The van der Waals surface area contributed by atoms with Crippen LogP contribution in [0, 0.1) is 0 Å². The van der Waals surface area contributed by atoms with Gasteiger partial charge in [0, 0.05) is 23.9 Å². The molecule has 44 heavy (non-hydrogen) atoms. The van der Waals surface area contributed by atoms with Crippen LogP contribution in [-0.4, -0.2) is 65.2 Å². The molecule has 2 heterocycles. The highest BCUT2D eigenvalue weighted by atomic mass is 16.6. The van der Waals surface area contributed by atoms with Crippen molar-refractivity contribution in [3.63, 3.8) is 0 Å². The summed E-state index contributed by atoms with van der Waals surface area (Å²) in [7, 11) is 0. The van der Waals surface area contributed by atoms with Crippen LogP contribution in [0.4, 0.5) is 4.79 Å². The van der Waals surface area contributed by atoms with Gasteiger partial charge in [0.2, 0.25) is 0 Å². The molecule has 3 atom stereocenters. The maximum Gasteiger partial charge on any atom is 0.410 e. The summed E-state index contributed by atoms with van der Waals surface area (Å²) in [6.45, 7) is 8.00. The minimum absolute atomic E-state index is 0.153. The molecule has 1 aromatic heterocycles. The van der Waals surface area contributed by atoms with Crippen molar-refractivity contribution >= 4 is 17.0 Å².